The van der Waals surface area contributed by atoms with Gasteiger partial charge in [-0.1, -0.05) is 181 Å². The van der Waals surface area contributed by atoms with Crippen molar-refractivity contribution in [3.8, 4) is 6.07 Å². The number of esters is 1. The first kappa shape index (κ1) is 50.8. The average molecular weight is 814 g/mol. The van der Waals surface area contributed by atoms with Crippen LogP contribution in [0.2, 0.25) is 0 Å². The lowest BCUT2D eigenvalue weighted by molar-refractivity contribution is -0.147. The van der Waals surface area contributed by atoms with Gasteiger partial charge in [0.25, 0.3) is 0 Å². The second kappa shape index (κ2) is 30.7. The summed E-state index contributed by atoms with van der Waals surface area (Å²) in [5.74, 6) is -0.0893. The smallest absolute Gasteiger partial charge is 0.328 e. The lowest BCUT2D eigenvalue weighted by Crippen LogP contribution is -2.50. The molecule has 4 amide bonds. The molecule has 0 spiro atoms. The zero-order valence-electron chi connectivity index (χ0n) is 37.6. The molecule has 1 unspecified atom stereocenters. The number of benzene rings is 2. The molecule has 0 aliphatic rings. The summed E-state index contributed by atoms with van der Waals surface area (Å²) in [5, 5.41) is 20.7. The summed E-state index contributed by atoms with van der Waals surface area (Å²) in [6.07, 6.45) is 27.1. The molecule has 0 aromatic heterocycles. The van der Waals surface area contributed by atoms with Crippen molar-refractivity contribution in [2.45, 2.75) is 170 Å². The lowest BCUT2D eigenvalue weighted by Gasteiger charge is -2.28. The molecule has 0 fully saturated rings. The number of nitriles is 1. The second-order valence-corrected chi connectivity index (χ2v) is 17.5. The van der Waals surface area contributed by atoms with Crippen LogP contribution in [0.3, 0.4) is 0 Å². The number of carbonyl (C=O) groups excluding carboxylic acids is 3. The van der Waals surface area contributed by atoms with Crippen molar-refractivity contribution in [2.75, 3.05) is 25.0 Å². The molecule has 0 heterocycles. The summed E-state index contributed by atoms with van der Waals surface area (Å²) < 4.78 is 5.63. The van der Waals surface area contributed by atoms with E-state index >= 15 is 0 Å². The number of carbonyl (C=O) groups is 3. The molecule has 3 atom stereocenters. The normalized spacial score (nSPS) is 13.0. The molecule has 9 nitrogen and oxygen atoms in total. The first-order valence-electron chi connectivity index (χ1n) is 23.0. The first-order valence-corrected chi connectivity index (χ1v) is 23.0. The summed E-state index contributed by atoms with van der Waals surface area (Å²) in [5.41, 5.74) is 3.18. The highest BCUT2D eigenvalue weighted by Crippen LogP contribution is 2.26. The topological polar surface area (TPSA) is 132 Å². The van der Waals surface area contributed by atoms with Crippen LogP contribution in [0.4, 0.5) is 15.3 Å². The molecule has 328 valence electrons. The summed E-state index contributed by atoms with van der Waals surface area (Å²) in [7, 11) is 0. The summed E-state index contributed by atoms with van der Waals surface area (Å²) in [6.45, 7) is 14.0. The van der Waals surface area contributed by atoms with E-state index in [2.05, 4.69) is 55.0 Å². The van der Waals surface area contributed by atoms with Gasteiger partial charge in [-0.15, -0.1) is 0 Å². The number of nitrogens with zero attached hydrogens (tertiary/aromatic N) is 1. The predicted molar refractivity (Wildman–Crippen MR) is 246 cm³/mol. The van der Waals surface area contributed by atoms with Gasteiger partial charge in [-0.3, -0.25) is 0 Å². The van der Waals surface area contributed by atoms with Crippen LogP contribution in [0.25, 0.3) is 12.2 Å². The van der Waals surface area contributed by atoms with E-state index in [1.807, 2.05) is 62.4 Å². The largest absolute Gasteiger partial charge is 0.464 e. The molecule has 4 N–H and O–H groups in total. The number of hydrogen-bond donors (Lipinski definition) is 4. The van der Waals surface area contributed by atoms with E-state index in [0.717, 1.165) is 43.2 Å². The van der Waals surface area contributed by atoms with Gasteiger partial charge in [-0.2, -0.15) is 5.26 Å². The van der Waals surface area contributed by atoms with Gasteiger partial charge in [0.2, 0.25) is 0 Å². The van der Waals surface area contributed by atoms with Gasteiger partial charge in [0.05, 0.1) is 18.2 Å². The average Bonchev–Trinajstić information content (AvgIpc) is 3.22. The highest BCUT2D eigenvalue weighted by molar-refractivity contribution is 5.89. The molecule has 0 saturated carbocycles. The minimum atomic E-state index is -0.676. The summed E-state index contributed by atoms with van der Waals surface area (Å²) in [6, 6.07) is 15.8. The Hall–Kier alpha value is -4.32. The Kier molecular flexibility index (Phi) is 26.4. The monoisotopic (exact) mass is 814 g/mol. The number of unbranched alkanes of at least 4 members (excludes halogenated alkanes) is 15. The van der Waals surface area contributed by atoms with Crippen LogP contribution in [-0.2, 0) is 9.53 Å². The van der Waals surface area contributed by atoms with E-state index in [9.17, 15) is 14.4 Å². The van der Waals surface area contributed by atoms with Crippen LogP contribution >= 0.6 is 0 Å². The Morgan fingerprint density at radius 3 is 1.73 bits per heavy atom. The molecule has 0 aliphatic carbocycles. The Morgan fingerprint density at radius 2 is 1.22 bits per heavy atom. The van der Waals surface area contributed by atoms with Crippen LogP contribution in [-0.4, -0.2) is 43.8 Å². The van der Waals surface area contributed by atoms with Gasteiger partial charge in [0.15, 0.2) is 0 Å². The Balaban J connectivity index is 1.58. The first-order chi connectivity index (χ1) is 28.5. The van der Waals surface area contributed by atoms with Gasteiger partial charge < -0.3 is 26.0 Å². The third-order valence-corrected chi connectivity index (χ3v) is 11.2. The molecule has 2 rings (SSSR count). The molecular weight excluding hydrogens is 735 g/mol. The lowest BCUT2D eigenvalue weighted by atomic mass is 9.82. The number of ether oxygens (including phenoxy) is 1. The van der Waals surface area contributed by atoms with E-state index in [1.54, 1.807) is 12.1 Å². The van der Waals surface area contributed by atoms with Gasteiger partial charge in [-0.25, -0.2) is 14.4 Å². The third kappa shape index (κ3) is 24.4. The van der Waals surface area contributed by atoms with E-state index in [-0.39, 0.29) is 29.4 Å². The van der Waals surface area contributed by atoms with Crippen LogP contribution < -0.4 is 21.3 Å². The molecule has 9 heteroatoms. The minimum absolute atomic E-state index is 0.0361. The number of rotatable bonds is 31. The van der Waals surface area contributed by atoms with Gasteiger partial charge >= 0.3 is 18.0 Å². The van der Waals surface area contributed by atoms with Crippen molar-refractivity contribution in [2.24, 2.45) is 17.3 Å². The summed E-state index contributed by atoms with van der Waals surface area (Å²) in [4.78, 5) is 38.5. The van der Waals surface area contributed by atoms with Crippen molar-refractivity contribution in [1.29, 1.82) is 5.26 Å². The maximum Gasteiger partial charge on any atom is 0.328 e. The fourth-order valence-corrected chi connectivity index (χ4v) is 7.36. The highest BCUT2D eigenvalue weighted by atomic mass is 16.5. The molecule has 0 saturated heterocycles. The highest BCUT2D eigenvalue weighted by Gasteiger charge is 2.27. The Labute approximate surface area is 358 Å². The quantitative estimate of drug-likeness (QED) is 0.0342. The van der Waals surface area contributed by atoms with E-state index in [0.29, 0.717) is 36.9 Å². The van der Waals surface area contributed by atoms with Crippen LogP contribution in [0.1, 0.15) is 180 Å². The van der Waals surface area contributed by atoms with Crippen molar-refractivity contribution in [3.05, 3.63) is 65.2 Å². The number of amides is 4. The number of urea groups is 2. The molecule has 0 bridgehead atoms. The number of hydrogen-bond acceptors (Lipinski definition) is 5. The van der Waals surface area contributed by atoms with Crippen molar-refractivity contribution >= 4 is 35.9 Å². The molecule has 0 aliphatic heterocycles. The fourth-order valence-electron chi connectivity index (χ4n) is 7.36. The predicted octanol–water partition coefficient (Wildman–Crippen LogP) is 12.8. The van der Waals surface area contributed by atoms with Crippen molar-refractivity contribution < 1.29 is 19.1 Å². The van der Waals surface area contributed by atoms with Gasteiger partial charge in [0.1, 0.15) is 6.04 Å². The van der Waals surface area contributed by atoms with E-state index < -0.39 is 6.04 Å². The Morgan fingerprint density at radius 1 is 0.712 bits per heavy atom. The maximum absolute atomic E-state index is 13.0. The van der Waals surface area contributed by atoms with Crippen LogP contribution in [0.15, 0.2) is 48.5 Å². The van der Waals surface area contributed by atoms with Crippen LogP contribution in [0.5, 0.6) is 0 Å². The number of anilines is 1. The Bertz CT molecular complexity index is 1520. The summed E-state index contributed by atoms with van der Waals surface area (Å²) >= 11 is 0. The molecule has 2 aromatic rings. The third-order valence-electron chi connectivity index (χ3n) is 11.2. The standard InChI is InChI=1S/C50H79N5O4/c1-7-9-10-11-12-13-14-15-16-17-18-19-20-21-22-23-36-59-47(56)46(41(4)8-2)55-48(57)52-35-34-40(3)37-50(5,6)39-53-49(58)54-45-32-30-43(31-33-45)25-24-42-26-28-44(38-51)29-27-42/h24-33,40-41,46H,7-23,34-37,39H2,1-6H3,(H2,52,55,57)(H2,53,54,58)/b25-24+/t40?,41-,46-/m0/s1. The zero-order valence-corrected chi connectivity index (χ0v) is 37.6. The SMILES string of the molecule is CCCCCCCCCCCCCCCCCCOC(=O)[C@@H](NC(=O)NCCC(C)CC(C)(C)CNC(=O)Nc1ccc(/C=C/c2ccc(C#N)cc2)cc1)[C@@H](C)CC. The van der Waals surface area contributed by atoms with Crippen LogP contribution in [0, 0.1) is 28.6 Å². The molecular formula is C50H79N5O4. The molecule has 59 heavy (non-hydrogen) atoms. The van der Waals surface area contributed by atoms with Gasteiger partial charge in [0, 0.05) is 18.8 Å². The van der Waals surface area contributed by atoms with Crippen molar-refractivity contribution in [3.63, 3.8) is 0 Å². The maximum atomic E-state index is 13.0. The van der Waals surface area contributed by atoms with E-state index in [4.69, 9.17) is 10.00 Å². The molecule has 2 aromatic carbocycles. The second-order valence-electron chi connectivity index (χ2n) is 17.5. The molecule has 0 radical (unpaired) electrons. The van der Waals surface area contributed by atoms with Gasteiger partial charge in [-0.05, 0) is 71.9 Å². The minimum Gasteiger partial charge on any atom is -0.464 e. The van der Waals surface area contributed by atoms with Crippen molar-refractivity contribution in [1.82, 2.24) is 16.0 Å². The fraction of sp³-hybridized carbons (Fsp3) is 0.640. The van der Waals surface area contributed by atoms with E-state index in [1.165, 1.54) is 89.9 Å². The zero-order chi connectivity index (χ0) is 43.1. The number of nitrogens with one attached hydrogen (secondary N) is 4.